The molecule has 4 N–H and O–H groups in total. The van der Waals surface area contributed by atoms with Crippen LogP contribution in [0.2, 0.25) is 0 Å². The van der Waals surface area contributed by atoms with E-state index in [1.165, 1.54) is 0 Å². The lowest BCUT2D eigenvalue weighted by molar-refractivity contribution is 0.122. The summed E-state index contributed by atoms with van der Waals surface area (Å²) in [5, 5.41) is 8.92. The molecule has 1 fully saturated rings. The Morgan fingerprint density at radius 2 is 2.38 bits per heavy atom. The number of aliphatic hydroxyl groups excluding tert-OH is 1. The molecule has 1 rings (SSSR count). The highest BCUT2D eigenvalue weighted by Gasteiger charge is 2.24. The van der Waals surface area contributed by atoms with Crippen LogP contribution in [0.1, 0.15) is 0 Å². The maximum absolute atomic E-state index is 8.92. The van der Waals surface area contributed by atoms with Gasteiger partial charge in [0.25, 0.3) is 0 Å². The minimum atomic E-state index is -0.431. The second-order valence-corrected chi connectivity index (χ2v) is 1.88. The van der Waals surface area contributed by atoms with E-state index in [2.05, 4.69) is 5.43 Å². The highest BCUT2D eigenvalue weighted by atomic mass is 16.5. The van der Waals surface area contributed by atoms with Gasteiger partial charge in [-0.3, -0.25) is 11.3 Å². The Hall–Kier alpha value is -0.160. The van der Waals surface area contributed by atoms with Gasteiger partial charge in [-0.1, -0.05) is 0 Å². The molecule has 0 saturated carbocycles. The molecule has 48 valence electrons. The predicted molar refractivity (Wildman–Crippen MR) is 27.9 cm³/mol. The van der Waals surface area contributed by atoms with E-state index in [9.17, 15) is 0 Å². The average Bonchev–Trinajstić information content (AvgIpc) is 2.14. The Labute approximate surface area is 47.6 Å². The Balaban J connectivity index is 2.30. The third kappa shape index (κ3) is 0.976. The molecule has 0 aromatic carbocycles. The van der Waals surface area contributed by atoms with Crippen LogP contribution in [0.3, 0.4) is 0 Å². The molecule has 1 aliphatic rings. The van der Waals surface area contributed by atoms with Crippen molar-refractivity contribution >= 4 is 0 Å². The second kappa shape index (κ2) is 2.41. The molecule has 0 amide bonds. The third-order valence-corrected chi connectivity index (χ3v) is 1.26. The molecular formula is C4H10N2O2. The molecule has 1 heterocycles. The van der Waals surface area contributed by atoms with E-state index in [0.29, 0.717) is 13.2 Å². The van der Waals surface area contributed by atoms with E-state index < -0.39 is 6.10 Å². The molecule has 8 heavy (non-hydrogen) atoms. The molecule has 1 saturated heterocycles. The van der Waals surface area contributed by atoms with Gasteiger partial charge in [0.1, 0.15) is 0 Å². The summed E-state index contributed by atoms with van der Waals surface area (Å²) in [4.78, 5) is 0. The predicted octanol–water partition coefficient (Wildman–Crippen LogP) is -1.79. The summed E-state index contributed by atoms with van der Waals surface area (Å²) in [6.45, 7) is 0.909. The molecule has 0 bridgehead atoms. The fourth-order valence-corrected chi connectivity index (χ4v) is 0.702. The van der Waals surface area contributed by atoms with Gasteiger partial charge in [0.15, 0.2) is 0 Å². The highest BCUT2D eigenvalue weighted by Crippen LogP contribution is 2.02. The quantitative estimate of drug-likeness (QED) is 0.281. The van der Waals surface area contributed by atoms with Crippen LogP contribution in [0.4, 0.5) is 0 Å². The lowest BCUT2D eigenvalue weighted by atomic mass is 10.2. The van der Waals surface area contributed by atoms with Crippen molar-refractivity contribution < 1.29 is 9.84 Å². The van der Waals surface area contributed by atoms with Gasteiger partial charge in [-0.05, 0) is 0 Å². The molecule has 2 atom stereocenters. The first kappa shape index (κ1) is 5.97. The van der Waals surface area contributed by atoms with Crippen molar-refractivity contribution in [3.05, 3.63) is 0 Å². The zero-order valence-electron chi connectivity index (χ0n) is 4.50. The van der Waals surface area contributed by atoms with Crippen LogP contribution in [-0.4, -0.2) is 30.5 Å². The largest absolute Gasteiger partial charge is 0.389 e. The average molecular weight is 118 g/mol. The molecule has 0 unspecified atom stereocenters. The molecule has 0 spiro atoms. The summed E-state index contributed by atoms with van der Waals surface area (Å²) < 4.78 is 4.87. The topological polar surface area (TPSA) is 67.5 Å². The summed E-state index contributed by atoms with van der Waals surface area (Å²) in [6, 6.07) is -0.0741. The number of ether oxygens (including phenoxy) is 1. The number of hydrogen-bond acceptors (Lipinski definition) is 4. The summed E-state index contributed by atoms with van der Waals surface area (Å²) in [7, 11) is 0. The molecule has 1 aliphatic heterocycles. The first-order valence-electron chi connectivity index (χ1n) is 2.56. The van der Waals surface area contributed by atoms with Crippen LogP contribution in [-0.2, 0) is 4.74 Å². The second-order valence-electron chi connectivity index (χ2n) is 1.88. The SMILES string of the molecule is NN[C@@H]1COC[C@H]1O. The van der Waals surface area contributed by atoms with Gasteiger partial charge in [0, 0.05) is 0 Å². The van der Waals surface area contributed by atoms with E-state index in [-0.39, 0.29) is 6.04 Å². The number of hydrogen-bond donors (Lipinski definition) is 3. The number of hydrazine groups is 1. The van der Waals surface area contributed by atoms with Crippen molar-refractivity contribution in [2.45, 2.75) is 12.1 Å². The molecule has 0 aliphatic carbocycles. The zero-order chi connectivity index (χ0) is 5.98. The Kier molecular flexibility index (Phi) is 1.80. The zero-order valence-corrected chi connectivity index (χ0v) is 4.50. The molecule has 4 nitrogen and oxygen atoms in total. The molecule has 0 aromatic rings. The van der Waals surface area contributed by atoms with Crippen molar-refractivity contribution in [1.29, 1.82) is 0 Å². The number of aliphatic hydroxyl groups is 1. The van der Waals surface area contributed by atoms with E-state index in [0.717, 1.165) is 0 Å². The summed E-state index contributed by atoms with van der Waals surface area (Å²) in [5.41, 5.74) is 2.44. The van der Waals surface area contributed by atoms with Gasteiger partial charge >= 0.3 is 0 Å². The van der Waals surface area contributed by atoms with Crippen molar-refractivity contribution in [2.75, 3.05) is 13.2 Å². The summed E-state index contributed by atoms with van der Waals surface area (Å²) in [5.74, 6) is 5.03. The number of nitrogens with one attached hydrogen (secondary N) is 1. The Bertz CT molecular complexity index is 78.4. The van der Waals surface area contributed by atoms with Crippen molar-refractivity contribution in [1.82, 2.24) is 5.43 Å². The molecule has 4 heteroatoms. The summed E-state index contributed by atoms with van der Waals surface area (Å²) in [6.07, 6.45) is -0.431. The van der Waals surface area contributed by atoms with Gasteiger partial charge in [-0.15, -0.1) is 0 Å². The standard InChI is InChI=1S/C4H10N2O2/c5-6-3-1-8-2-4(3)7/h3-4,6-7H,1-2,5H2/t3-,4-/m1/s1. The van der Waals surface area contributed by atoms with Gasteiger partial charge < -0.3 is 9.84 Å². The smallest absolute Gasteiger partial charge is 0.0962 e. The minimum Gasteiger partial charge on any atom is -0.389 e. The van der Waals surface area contributed by atoms with Crippen molar-refractivity contribution in [3.8, 4) is 0 Å². The van der Waals surface area contributed by atoms with E-state index in [1.807, 2.05) is 0 Å². The van der Waals surface area contributed by atoms with Gasteiger partial charge in [-0.25, -0.2) is 0 Å². The first-order valence-corrected chi connectivity index (χ1v) is 2.56. The van der Waals surface area contributed by atoms with Crippen molar-refractivity contribution in [3.63, 3.8) is 0 Å². The molecular weight excluding hydrogens is 108 g/mol. The number of nitrogens with two attached hydrogens (primary N) is 1. The van der Waals surface area contributed by atoms with Crippen LogP contribution >= 0.6 is 0 Å². The Morgan fingerprint density at radius 3 is 2.62 bits per heavy atom. The highest BCUT2D eigenvalue weighted by molar-refractivity contribution is 4.77. The van der Waals surface area contributed by atoms with Gasteiger partial charge in [0.2, 0.25) is 0 Å². The molecule has 0 radical (unpaired) electrons. The van der Waals surface area contributed by atoms with Crippen LogP contribution < -0.4 is 11.3 Å². The van der Waals surface area contributed by atoms with E-state index >= 15 is 0 Å². The maximum atomic E-state index is 8.92. The van der Waals surface area contributed by atoms with Crippen LogP contribution in [0.25, 0.3) is 0 Å². The monoisotopic (exact) mass is 118 g/mol. The fraction of sp³-hybridized carbons (Fsp3) is 1.00. The summed E-state index contributed by atoms with van der Waals surface area (Å²) >= 11 is 0. The lowest BCUT2D eigenvalue weighted by Crippen LogP contribution is -2.42. The van der Waals surface area contributed by atoms with E-state index in [1.54, 1.807) is 0 Å². The normalized spacial score (nSPS) is 38.2. The van der Waals surface area contributed by atoms with Crippen LogP contribution in [0.15, 0.2) is 0 Å². The number of rotatable bonds is 1. The van der Waals surface area contributed by atoms with Crippen molar-refractivity contribution in [2.24, 2.45) is 5.84 Å². The van der Waals surface area contributed by atoms with Crippen LogP contribution in [0.5, 0.6) is 0 Å². The minimum absolute atomic E-state index is 0.0741. The fourth-order valence-electron chi connectivity index (χ4n) is 0.702. The van der Waals surface area contributed by atoms with Gasteiger partial charge in [0.05, 0.1) is 25.4 Å². The third-order valence-electron chi connectivity index (χ3n) is 1.26. The van der Waals surface area contributed by atoms with E-state index in [4.69, 9.17) is 15.7 Å². The van der Waals surface area contributed by atoms with Gasteiger partial charge in [-0.2, -0.15) is 0 Å². The first-order chi connectivity index (χ1) is 3.84. The lowest BCUT2D eigenvalue weighted by Gasteiger charge is -2.08. The molecule has 0 aromatic heterocycles. The van der Waals surface area contributed by atoms with Crippen LogP contribution in [0, 0.1) is 0 Å². The Morgan fingerprint density at radius 1 is 1.62 bits per heavy atom. The maximum Gasteiger partial charge on any atom is 0.0962 e.